The second-order valence-electron chi connectivity index (χ2n) is 4.07. The molecule has 0 aliphatic rings. The van der Waals surface area contributed by atoms with E-state index in [9.17, 15) is 0 Å². The Labute approximate surface area is 119 Å². The summed E-state index contributed by atoms with van der Waals surface area (Å²) in [6.45, 7) is 3.42. The lowest BCUT2D eigenvalue weighted by atomic mass is 10.2. The molecule has 0 aliphatic heterocycles. The van der Waals surface area contributed by atoms with Gasteiger partial charge in [-0.25, -0.2) is 0 Å². The van der Waals surface area contributed by atoms with Gasteiger partial charge in [0.15, 0.2) is 0 Å². The van der Waals surface area contributed by atoms with Crippen LogP contribution in [-0.4, -0.2) is 35.9 Å². The van der Waals surface area contributed by atoms with E-state index in [0.29, 0.717) is 18.4 Å². The predicted molar refractivity (Wildman–Crippen MR) is 81.5 cm³/mol. The molecule has 1 atom stereocenters. The van der Waals surface area contributed by atoms with Crippen LogP contribution in [0.3, 0.4) is 0 Å². The molecule has 0 saturated heterocycles. The van der Waals surface area contributed by atoms with Gasteiger partial charge in [-0.15, -0.1) is 0 Å². The fourth-order valence-corrected chi connectivity index (χ4v) is 2.32. The molecule has 1 unspecified atom stereocenters. The summed E-state index contributed by atoms with van der Waals surface area (Å²) in [5.41, 5.74) is 6.26. The molecule has 0 spiro atoms. The summed E-state index contributed by atoms with van der Waals surface area (Å²) in [6.07, 6.45) is 0.833. The summed E-state index contributed by atoms with van der Waals surface area (Å²) >= 11 is 1.81. The van der Waals surface area contributed by atoms with Gasteiger partial charge in [0, 0.05) is 23.2 Å². The molecular weight excluding hydrogens is 258 g/mol. The number of rotatable bonds is 7. The Kier molecular flexibility index (Phi) is 8.15. The number of aliphatic hydroxyl groups excluding tert-OH is 1. The van der Waals surface area contributed by atoms with E-state index in [1.165, 1.54) is 0 Å². The Morgan fingerprint density at radius 1 is 1.37 bits per heavy atom. The van der Waals surface area contributed by atoms with Gasteiger partial charge in [-0.1, -0.05) is 18.8 Å². The number of thioether (sulfide) groups is 1. The molecular formula is C15H21NO2S. The van der Waals surface area contributed by atoms with Gasteiger partial charge in [0.1, 0.15) is 5.75 Å². The standard InChI is InChI=1S/C15H21NO2S/c1-13(8-10-17)19-12-11-18-15-6-4-14(5-7-15)3-2-9-16/h4-7,13,17H,8-12,16H2,1H3. The molecule has 3 N–H and O–H groups in total. The predicted octanol–water partition coefficient (Wildman–Crippen LogP) is 1.88. The zero-order chi connectivity index (χ0) is 13.9. The van der Waals surface area contributed by atoms with Gasteiger partial charge in [-0.3, -0.25) is 0 Å². The van der Waals surface area contributed by atoms with Gasteiger partial charge in [0.05, 0.1) is 13.2 Å². The fourth-order valence-electron chi connectivity index (χ4n) is 1.46. The average molecular weight is 279 g/mol. The zero-order valence-electron chi connectivity index (χ0n) is 11.3. The highest BCUT2D eigenvalue weighted by Crippen LogP contribution is 2.15. The van der Waals surface area contributed by atoms with Crippen LogP contribution in [0.25, 0.3) is 0 Å². The molecule has 0 bridgehead atoms. The topological polar surface area (TPSA) is 55.5 Å². The van der Waals surface area contributed by atoms with Crippen molar-refractivity contribution in [2.75, 3.05) is 25.5 Å². The molecule has 0 aliphatic carbocycles. The van der Waals surface area contributed by atoms with Crippen LogP contribution in [0.2, 0.25) is 0 Å². The number of ether oxygens (including phenoxy) is 1. The highest BCUT2D eigenvalue weighted by Gasteiger charge is 2.01. The Balaban J connectivity index is 2.26. The molecule has 1 aromatic rings. The van der Waals surface area contributed by atoms with Crippen molar-refractivity contribution >= 4 is 11.8 Å². The van der Waals surface area contributed by atoms with Crippen molar-refractivity contribution in [3.8, 4) is 17.6 Å². The van der Waals surface area contributed by atoms with Crippen LogP contribution in [0.5, 0.6) is 5.75 Å². The Morgan fingerprint density at radius 2 is 2.11 bits per heavy atom. The first-order valence-electron chi connectivity index (χ1n) is 6.40. The van der Waals surface area contributed by atoms with Crippen LogP contribution >= 0.6 is 11.8 Å². The largest absolute Gasteiger partial charge is 0.493 e. The summed E-state index contributed by atoms with van der Waals surface area (Å²) in [6, 6.07) is 7.70. The fraction of sp³-hybridized carbons (Fsp3) is 0.467. The van der Waals surface area contributed by atoms with Crippen LogP contribution in [-0.2, 0) is 0 Å². The first kappa shape index (κ1) is 15.9. The van der Waals surface area contributed by atoms with Crippen molar-refractivity contribution in [1.29, 1.82) is 0 Å². The minimum absolute atomic E-state index is 0.250. The van der Waals surface area contributed by atoms with Crippen molar-refractivity contribution < 1.29 is 9.84 Å². The van der Waals surface area contributed by atoms with Gasteiger partial charge in [-0.05, 0) is 30.7 Å². The number of aliphatic hydroxyl groups is 1. The van der Waals surface area contributed by atoms with E-state index in [4.69, 9.17) is 15.6 Å². The molecule has 4 heteroatoms. The zero-order valence-corrected chi connectivity index (χ0v) is 12.1. The van der Waals surface area contributed by atoms with Crippen molar-refractivity contribution in [2.45, 2.75) is 18.6 Å². The van der Waals surface area contributed by atoms with E-state index < -0.39 is 0 Å². The molecule has 0 aromatic heterocycles. The lowest BCUT2D eigenvalue weighted by Crippen LogP contribution is -2.06. The van der Waals surface area contributed by atoms with Gasteiger partial charge in [0.2, 0.25) is 0 Å². The number of hydrogen-bond donors (Lipinski definition) is 2. The third kappa shape index (κ3) is 7.12. The van der Waals surface area contributed by atoms with E-state index in [1.54, 1.807) is 0 Å². The number of benzene rings is 1. The van der Waals surface area contributed by atoms with Crippen LogP contribution < -0.4 is 10.5 Å². The van der Waals surface area contributed by atoms with Gasteiger partial charge < -0.3 is 15.6 Å². The summed E-state index contributed by atoms with van der Waals surface area (Å²) in [5, 5.41) is 9.27. The normalized spacial score (nSPS) is 11.5. The van der Waals surface area contributed by atoms with Crippen LogP contribution in [0.4, 0.5) is 0 Å². The highest BCUT2D eigenvalue weighted by atomic mass is 32.2. The molecule has 1 rings (SSSR count). The second-order valence-corrected chi connectivity index (χ2v) is 5.62. The van der Waals surface area contributed by atoms with Crippen molar-refractivity contribution in [1.82, 2.24) is 0 Å². The maximum atomic E-state index is 8.80. The average Bonchev–Trinajstić information content (AvgIpc) is 2.43. The summed E-state index contributed by atoms with van der Waals surface area (Å²) in [7, 11) is 0. The van der Waals surface area contributed by atoms with Gasteiger partial charge in [0.25, 0.3) is 0 Å². The van der Waals surface area contributed by atoms with E-state index >= 15 is 0 Å². The molecule has 3 nitrogen and oxygen atoms in total. The van der Waals surface area contributed by atoms with Crippen molar-refractivity contribution in [2.24, 2.45) is 5.73 Å². The highest BCUT2D eigenvalue weighted by molar-refractivity contribution is 7.99. The Hall–Kier alpha value is -1.15. The van der Waals surface area contributed by atoms with Gasteiger partial charge in [-0.2, -0.15) is 11.8 Å². The summed E-state index contributed by atoms with van der Waals surface area (Å²) < 4.78 is 5.64. The molecule has 0 radical (unpaired) electrons. The number of hydrogen-bond acceptors (Lipinski definition) is 4. The Morgan fingerprint density at radius 3 is 2.74 bits per heavy atom. The van der Waals surface area contributed by atoms with Crippen LogP contribution in [0, 0.1) is 11.8 Å². The lowest BCUT2D eigenvalue weighted by molar-refractivity contribution is 0.288. The van der Waals surface area contributed by atoms with E-state index in [1.807, 2.05) is 36.0 Å². The minimum Gasteiger partial charge on any atom is -0.493 e. The van der Waals surface area contributed by atoms with E-state index in [2.05, 4.69) is 18.8 Å². The lowest BCUT2D eigenvalue weighted by Gasteiger charge is -2.10. The SMILES string of the molecule is CC(CCO)SCCOc1ccc(C#CCN)cc1. The maximum absolute atomic E-state index is 8.80. The minimum atomic E-state index is 0.250. The quantitative estimate of drug-likeness (QED) is 0.591. The van der Waals surface area contributed by atoms with Gasteiger partial charge >= 0.3 is 0 Å². The van der Waals surface area contributed by atoms with Crippen LogP contribution in [0.15, 0.2) is 24.3 Å². The van der Waals surface area contributed by atoms with Crippen molar-refractivity contribution in [3.05, 3.63) is 29.8 Å². The molecule has 104 valence electrons. The first-order valence-corrected chi connectivity index (χ1v) is 7.45. The molecule has 0 fully saturated rings. The molecule has 1 aromatic carbocycles. The molecule has 19 heavy (non-hydrogen) atoms. The van der Waals surface area contributed by atoms with E-state index in [-0.39, 0.29) is 6.61 Å². The Bertz CT molecular complexity index is 408. The third-order valence-electron chi connectivity index (χ3n) is 2.48. The van der Waals surface area contributed by atoms with Crippen molar-refractivity contribution in [3.63, 3.8) is 0 Å². The van der Waals surface area contributed by atoms with Crippen LogP contribution in [0.1, 0.15) is 18.9 Å². The summed E-state index contributed by atoms with van der Waals surface area (Å²) in [4.78, 5) is 0. The smallest absolute Gasteiger partial charge is 0.119 e. The number of nitrogens with two attached hydrogens (primary N) is 1. The second kappa shape index (κ2) is 9.74. The summed E-state index contributed by atoms with van der Waals surface area (Å²) in [5.74, 6) is 7.57. The van der Waals surface area contributed by atoms with E-state index in [0.717, 1.165) is 23.5 Å². The maximum Gasteiger partial charge on any atom is 0.119 e. The first-order chi connectivity index (χ1) is 9.26. The third-order valence-corrected chi connectivity index (χ3v) is 3.69. The monoisotopic (exact) mass is 279 g/mol. The molecule has 0 saturated carbocycles. The molecule has 0 heterocycles. The molecule has 0 amide bonds.